The molecule has 1 saturated heterocycles. The van der Waals surface area contributed by atoms with Crippen LogP contribution in [0.2, 0.25) is 0 Å². The number of alkyl halides is 1. The Morgan fingerprint density at radius 2 is 1.83 bits per heavy atom. The molecular weight excluding hydrogens is 597 g/mol. The van der Waals surface area contributed by atoms with Gasteiger partial charge < -0.3 is 36.2 Å². The number of hydrogen-bond donors (Lipinski definition) is 5. The van der Waals surface area contributed by atoms with Crippen LogP contribution in [0.4, 0.5) is 9.18 Å². The highest BCUT2D eigenvalue weighted by Gasteiger charge is 2.40. The van der Waals surface area contributed by atoms with Gasteiger partial charge in [-0.25, -0.2) is 9.18 Å². The zero-order valence-electron chi connectivity index (χ0n) is 27.0. The van der Waals surface area contributed by atoms with E-state index < -0.39 is 60.4 Å². The number of carbonyl (C=O) groups is 5. The normalized spacial score (nSPS) is 17.7. The van der Waals surface area contributed by atoms with Gasteiger partial charge in [-0.05, 0) is 43.6 Å². The van der Waals surface area contributed by atoms with Gasteiger partial charge in [-0.3, -0.25) is 24.2 Å². The fraction of sp³-hybridized carbons (Fsp3) is 0.625. The van der Waals surface area contributed by atoms with Gasteiger partial charge in [0.05, 0.1) is 12.6 Å². The number of amides is 4. The number of hydrogen-bond acceptors (Lipinski definition) is 9. The van der Waals surface area contributed by atoms with E-state index in [1.807, 2.05) is 37.3 Å². The third-order valence-electron chi connectivity index (χ3n) is 7.94. The van der Waals surface area contributed by atoms with E-state index in [0.717, 1.165) is 12.1 Å². The number of rotatable bonds is 17. The molecule has 1 aromatic rings. The van der Waals surface area contributed by atoms with Gasteiger partial charge in [-0.2, -0.15) is 0 Å². The fourth-order valence-electron chi connectivity index (χ4n) is 5.42. The van der Waals surface area contributed by atoms with Crippen molar-refractivity contribution in [1.29, 1.82) is 0 Å². The molecule has 4 amide bonds. The van der Waals surface area contributed by atoms with E-state index in [-0.39, 0.29) is 18.9 Å². The molecule has 0 radical (unpaired) electrons. The molecule has 0 bridgehead atoms. The van der Waals surface area contributed by atoms with Crippen molar-refractivity contribution in [2.24, 2.45) is 10.9 Å². The Labute approximate surface area is 269 Å². The average Bonchev–Trinajstić information content (AvgIpc) is 3.76. The Bertz CT molecular complexity index is 1210. The first kappa shape index (κ1) is 36.2. The molecule has 5 N–H and O–H groups in total. The van der Waals surface area contributed by atoms with Crippen LogP contribution in [0.3, 0.4) is 0 Å². The highest BCUT2D eigenvalue weighted by molar-refractivity contribution is 5.96. The van der Waals surface area contributed by atoms with Gasteiger partial charge in [0.25, 0.3) is 0 Å². The molecule has 13 nitrogen and oxygen atoms in total. The number of carbonyl (C=O) groups excluding carboxylic acids is 5. The lowest BCUT2D eigenvalue weighted by Gasteiger charge is -2.32. The maximum absolute atomic E-state index is 13.8. The first-order valence-electron chi connectivity index (χ1n) is 16.1. The van der Waals surface area contributed by atoms with E-state index in [2.05, 4.69) is 31.6 Å². The molecule has 0 unspecified atom stereocenters. The van der Waals surface area contributed by atoms with Crippen molar-refractivity contribution in [2.45, 2.75) is 90.1 Å². The van der Waals surface area contributed by atoms with Gasteiger partial charge in [0.15, 0.2) is 11.7 Å². The lowest BCUT2D eigenvalue weighted by Crippen LogP contribution is -2.58. The van der Waals surface area contributed by atoms with Crippen LogP contribution in [0, 0.1) is 5.92 Å². The van der Waals surface area contributed by atoms with Crippen LogP contribution in [0.5, 0.6) is 0 Å². The molecule has 2 heterocycles. The van der Waals surface area contributed by atoms with Gasteiger partial charge in [-0.15, -0.1) is 0 Å². The summed E-state index contributed by atoms with van der Waals surface area (Å²) in [7, 11) is 0. The van der Waals surface area contributed by atoms with Crippen molar-refractivity contribution in [3.05, 3.63) is 35.9 Å². The van der Waals surface area contributed by atoms with Gasteiger partial charge in [-0.1, -0.05) is 57.5 Å². The smallest absolute Gasteiger partial charge is 0.408 e. The second-order valence-corrected chi connectivity index (χ2v) is 11.9. The summed E-state index contributed by atoms with van der Waals surface area (Å²) < 4.78 is 18.7. The molecule has 1 aromatic carbocycles. The maximum Gasteiger partial charge on any atom is 0.408 e. The number of halogens is 1. The third kappa shape index (κ3) is 11.0. The summed E-state index contributed by atoms with van der Waals surface area (Å²) in [6, 6.07) is 5.34. The number of guanidine groups is 1. The maximum atomic E-state index is 13.8. The van der Waals surface area contributed by atoms with Crippen molar-refractivity contribution in [2.75, 3.05) is 32.9 Å². The fourth-order valence-corrected chi connectivity index (χ4v) is 5.42. The Morgan fingerprint density at radius 1 is 1.07 bits per heavy atom. The highest BCUT2D eigenvalue weighted by atomic mass is 19.1. The number of ether oxygens (including phenoxy) is 1. The first-order chi connectivity index (χ1) is 22.1. The predicted octanol–water partition coefficient (Wildman–Crippen LogP) is 1.57. The number of ketones is 1. The van der Waals surface area contributed by atoms with E-state index >= 15 is 0 Å². The molecule has 46 heavy (non-hydrogen) atoms. The van der Waals surface area contributed by atoms with Crippen molar-refractivity contribution < 1.29 is 33.1 Å². The number of aliphatic imine (C=N–C) groups is 1. The van der Waals surface area contributed by atoms with Crippen molar-refractivity contribution in [1.82, 2.24) is 31.5 Å². The Balaban J connectivity index is 1.59. The quantitative estimate of drug-likeness (QED) is 0.159. The number of alkyl carbamates (subject to hydrolysis) is 1. The highest BCUT2D eigenvalue weighted by Crippen LogP contribution is 2.21. The Hall–Kier alpha value is -4.23. The van der Waals surface area contributed by atoms with Gasteiger partial charge >= 0.3 is 6.09 Å². The summed E-state index contributed by atoms with van der Waals surface area (Å²) in [5, 5.41) is 14.2. The predicted molar refractivity (Wildman–Crippen MR) is 170 cm³/mol. The van der Waals surface area contributed by atoms with Crippen molar-refractivity contribution >= 4 is 35.6 Å². The SMILES string of the molecule is CCC[C@H](NC(=O)OCc1ccccc1)C(=O)N[C@H](C(=O)N1CCC[C@H]1C(=O)N[C@@H](CCCNC1=NCCN1)C(=O)CF)C(C)C. The van der Waals surface area contributed by atoms with Crippen LogP contribution < -0.4 is 26.6 Å². The number of nitrogens with zero attached hydrogens (tertiary/aromatic N) is 2. The van der Waals surface area contributed by atoms with Gasteiger partial charge in [0, 0.05) is 19.6 Å². The van der Waals surface area contributed by atoms with E-state index in [9.17, 15) is 28.4 Å². The summed E-state index contributed by atoms with van der Waals surface area (Å²) in [6.07, 6.45) is 1.79. The minimum Gasteiger partial charge on any atom is -0.445 e. The van der Waals surface area contributed by atoms with E-state index in [4.69, 9.17) is 4.74 Å². The molecule has 3 rings (SSSR count). The second-order valence-electron chi connectivity index (χ2n) is 11.9. The molecule has 14 heteroatoms. The topological polar surface area (TPSA) is 170 Å². The number of Topliss-reactive ketones (excluding diaryl/α,β-unsaturated/α-hetero) is 1. The van der Waals surface area contributed by atoms with E-state index in [0.29, 0.717) is 57.7 Å². The zero-order valence-corrected chi connectivity index (χ0v) is 27.0. The molecule has 0 aliphatic carbocycles. The molecule has 4 atom stereocenters. The Kier molecular flexibility index (Phi) is 14.7. The molecule has 0 aromatic heterocycles. The van der Waals surface area contributed by atoms with E-state index in [1.165, 1.54) is 4.90 Å². The van der Waals surface area contributed by atoms with Crippen LogP contribution >= 0.6 is 0 Å². The second kappa shape index (κ2) is 18.7. The minimum atomic E-state index is -1.21. The molecule has 2 aliphatic rings. The third-order valence-corrected chi connectivity index (χ3v) is 7.94. The molecule has 1 fully saturated rings. The van der Waals surface area contributed by atoms with E-state index in [1.54, 1.807) is 13.8 Å². The monoisotopic (exact) mass is 645 g/mol. The Morgan fingerprint density at radius 3 is 2.48 bits per heavy atom. The first-order valence-corrected chi connectivity index (χ1v) is 16.1. The van der Waals surface area contributed by atoms with Gasteiger partial charge in [0.2, 0.25) is 17.7 Å². The average molecular weight is 646 g/mol. The van der Waals surface area contributed by atoms with Crippen molar-refractivity contribution in [3.8, 4) is 0 Å². The largest absolute Gasteiger partial charge is 0.445 e. The molecule has 2 aliphatic heterocycles. The summed E-state index contributed by atoms with van der Waals surface area (Å²) in [5.74, 6) is -1.90. The molecular formula is C32H48FN7O6. The lowest BCUT2D eigenvalue weighted by molar-refractivity contribution is -0.143. The lowest BCUT2D eigenvalue weighted by atomic mass is 10.0. The number of nitrogens with one attached hydrogen (secondary N) is 5. The van der Waals surface area contributed by atoms with Crippen LogP contribution in [-0.2, 0) is 30.5 Å². The summed E-state index contributed by atoms with van der Waals surface area (Å²) >= 11 is 0. The molecule has 0 spiro atoms. The molecule has 0 saturated carbocycles. The summed E-state index contributed by atoms with van der Waals surface area (Å²) in [6.45, 7) is 6.46. The van der Waals surface area contributed by atoms with Crippen LogP contribution in [-0.4, -0.2) is 97.5 Å². The number of benzene rings is 1. The number of likely N-dealkylation sites (tertiary alicyclic amines) is 1. The molecule has 254 valence electrons. The van der Waals surface area contributed by atoms with Gasteiger partial charge in [0.1, 0.15) is 31.4 Å². The zero-order chi connectivity index (χ0) is 33.5. The minimum absolute atomic E-state index is 0.0422. The summed E-state index contributed by atoms with van der Waals surface area (Å²) in [5.41, 5.74) is 0.800. The summed E-state index contributed by atoms with van der Waals surface area (Å²) in [4.78, 5) is 71.0. The van der Waals surface area contributed by atoms with Crippen LogP contribution in [0.15, 0.2) is 35.3 Å². The van der Waals surface area contributed by atoms with Crippen LogP contribution in [0.1, 0.15) is 64.9 Å². The standard InChI is InChI=1S/C32H48FN7O6/c1-4-10-24(38-32(45)46-20-22-11-6-5-7-12-22)28(42)39-27(21(2)3)30(44)40-18-9-14-25(40)29(43)37-23(26(41)19-33)13-8-15-34-31-35-16-17-36-31/h5-7,11-12,21,23-25,27H,4,8-10,13-20H2,1-3H3,(H,37,43)(H,38,45)(H,39,42)(H2,34,35,36)/t23-,24-,25-,27-/m0/s1. The van der Waals surface area contributed by atoms with Crippen LogP contribution in [0.25, 0.3) is 0 Å². The van der Waals surface area contributed by atoms with Crippen molar-refractivity contribution in [3.63, 3.8) is 0 Å².